The summed E-state index contributed by atoms with van der Waals surface area (Å²) in [6.07, 6.45) is 2.01. The summed E-state index contributed by atoms with van der Waals surface area (Å²) in [5, 5.41) is 3.36. The Kier molecular flexibility index (Phi) is 7.49. The third-order valence-electron chi connectivity index (χ3n) is 3.75. The van der Waals surface area contributed by atoms with Crippen LogP contribution in [0.2, 0.25) is 5.02 Å². The molecule has 1 N–H and O–H groups in total. The number of carbonyl (C=O) groups is 2. The SMILES string of the molecule is COCCOCCCNC(=O)c1ccc(Cl)cc1N1CCCC1=O. The van der Waals surface area contributed by atoms with Crippen LogP contribution in [0.4, 0.5) is 5.69 Å². The molecular weight excluding hydrogens is 332 g/mol. The first-order chi connectivity index (χ1) is 11.6. The van der Waals surface area contributed by atoms with Crippen molar-refractivity contribution in [3.63, 3.8) is 0 Å². The van der Waals surface area contributed by atoms with Crippen LogP contribution in [0.25, 0.3) is 0 Å². The highest BCUT2D eigenvalue weighted by molar-refractivity contribution is 6.31. The lowest BCUT2D eigenvalue weighted by molar-refractivity contribution is -0.117. The van der Waals surface area contributed by atoms with Crippen LogP contribution in [0.3, 0.4) is 0 Å². The molecule has 1 aliphatic rings. The van der Waals surface area contributed by atoms with E-state index in [0.717, 1.165) is 6.42 Å². The predicted molar refractivity (Wildman–Crippen MR) is 92.7 cm³/mol. The van der Waals surface area contributed by atoms with E-state index in [0.29, 0.717) is 62.0 Å². The predicted octanol–water partition coefficient (Wildman–Crippen LogP) is 2.25. The van der Waals surface area contributed by atoms with E-state index in [4.69, 9.17) is 21.1 Å². The van der Waals surface area contributed by atoms with Crippen molar-refractivity contribution in [2.45, 2.75) is 19.3 Å². The van der Waals surface area contributed by atoms with Crippen molar-refractivity contribution in [1.82, 2.24) is 5.32 Å². The summed E-state index contributed by atoms with van der Waals surface area (Å²) in [7, 11) is 1.62. The quantitative estimate of drug-likeness (QED) is 0.691. The molecule has 6 nitrogen and oxygen atoms in total. The maximum absolute atomic E-state index is 12.4. The fourth-order valence-electron chi connectivity index (χ4n) is 2.54. The second-order valence-electron chi connectivity index (χ2n) is 5.53. The minimum Gasteiger partial charge on any atom is -0.382 e. The topological polar surface area (TPSA) is 67.9 Å². The largest absolute Gasteiger partial charge is 0.382 e. The molecule has 0 saturated carbocycles. The second-order valence-corrected chi connectivity index (χ2v) is 5.96. The van der Waals surface area contributed by atoms with E-state index < -0.39 is 0 Å². The zero-order chi connectivity index (χ0) is 17.4. The number of anilines is 1. The molecule has 0 radical (unpaired) electrons. The van der Waals surface area contributed by atoms with Gasteiger partial charge in [-0.15, -0.1) is 0 Å². The summed E-state index contributed by atoms with van der Waals surface area (Å²) >= 11 is 6.04. The van der Waals surface area contributed by atoms with Crippen LogP contribution in [-0.4, -0.2) is 51.8 Å². The molecule has 132 valence electrons. The van der Waals surface area contributed by atoms with Crippen molar-refractivity contribution < 1.29 is 19.1 Å². The molecule has 7 heteroatoms. The number of nitrogens with zero attached hydrogens (tertiary/aromatic N) is 1. The summed E-state index contributed by atoms with van der Waals surface area (Å²) in [6.45, 7) is 2.78. The van der Waals surface area contributed by atoms with Gasteiger partial charge in [-0.25, -0.2) is 0 Å². The van der Waals surface area contributed by atoms with E-state index in [1.165, 1.54) is 0 Å². The normalized spacial score (nSPS) is 14.2. The van der Waals surface area contributed by atoms with E-state index in [2.05, 4.69) is 5.32 Å². The smallest absolute Gasteiger partial charge is 0.253 e. The molecule has 2 rings (SSSR count). The van der Waals surface area contributed by atoms with E-state index in [-0.39, 0.29) is 11.8 Å². The fraction of sp³-hybridized carbons (Fsp3) is 0.529. The van der Waals surface area contributed by atoms with Crippen LogP contribution >= 0.6 is 11.6 Å². The molecule has 0 spiro atoms. The van der Waals surface area contributed by atoms with Gasteiger partial charge in [-0.1, -0.05) is 11.6 Å². The van der Waals surface area contributed by atoms with Crippen molar-refractivity contribution in [1.29, 1.82) is 0 Å². The van der Waals surface area contributed by atoms with E-state index >= 15 is 0 Å². The molecule has 2 amide bonds. The number of carbonyl (C=O) groups excluding carboxylic acids is 2. The van der Waals surface area contributed by atoms with Gasteiger partial charge >= 0.3 is 0 Å². The molecule has 1 aliphatic heterocycles. The number of ether oxygens (including phenoxy) is 2. The summed E-state index contributed by atoms with van der Waals surface area (Å²) < 4.78 is 10.2. The molecule has 1 fully saturated rings. The number of halogens is 1. The zero-order valence-electron chi connectivity index (χ0n) is 13.8. The van der Waals surface area contributed by atoms with E-state index in [1.807, 2.05) is 0 Å². The molecule has 1 heterocycles. The Hall–Kier alpha value is -1.63. The Labute approximate surface area is 147 Å². The number of nitrogens with one attached hydrogen (secondary N) is 1. The van der Waals surface area contributed by atoms with Gasteiger partial charge in [-0.3, -0.25) is 9.59 Å². The third kappa shape index (κ3) is 5.19. The lowest BCUT2D eigenvalue weighted by Crippen LogP contribution is -2.30. The molecule has 0 atom stereocenters. The third-order valence-corrected chi connectivity index (χ3v) is 3.99. The highest BCUT2D eigenvalue weighted by atomic mass is 35.5. The average molecular weight is 355 g/mol. The number of hydrogen-bond acceptors (Lipinski definition) is 4. The van der Waals surface area contributed by atoms with Gasteiger partial charge in [0, 0.05) is 38.2 Å². The van der Waals surface area contributed by atoms with Gasteiger partial charge in [0.2, 0.25) is 5.91 Å². The van der Waals surface area contributed by atoms with Crippen molar-refractivity contribution in [3.8, 4) is 0 Å². The summed E-state index contributed by atoms with van der Waals surface area (Å²) in [5.74, 6) is -0.184. The molecule has 0 aromatic heterocycles. The van der Waals surface area contributed by atoms with E-state index in [1.54, 1.807) is 30.2 Å². The number of methoxy groups -OCH3 is 1. The van der Waals surface area contributed by atoms with Gasteiger partial charge in [0.15, 0.2) is 0 Å². The molecule has 1 aromatic carbocycles. The molecule has 1 aromatic rings. The van der Waals surface area contributed by atoms with E-state index in [9.17, 15) is 9.59 Å². The van der Waals surface area contributed by atoms with Crippen LogP contribution in [0, 0.1) is 0 Å². The standard InChI is InChI=1S/C17H23ClN2O4/c1-23-10-11-24-9-3-7-19-17(22)14-6-5-13(18)12-15(14)20-8-2-4-16(20)21/h5-6,12H,2-4,7-11H2,1H3,(H,19,22). The van der Waals surface area contributed by atoms with Crippen molar-refractivity contribution in [2.75, 3.05) is 44.9 Å². The lowest BCUT2D eigenvalue weighted by atomic mass is 10.1. The molecular formula is C17H23ClN2O4. The molecule has 0 bridgehead atoms. The minimum atomic E-state index is -0.210. The maximum Gasteiger partial charge on any atom is 0.253 e. The molecule has 0 aliphatic carbocycles. The van der Waals surface area contributed by atoms with Crippen LogP contribution in [0.1, 0.15) is 29.6 Å². The molecule has 1 saturated heterocycles. The lowest BCUT2D eigenvalue weighted by Gasteiger charge is -2.19. The monoisotopic (exact) mass is 354 g/mol. The number of benzene rings is 1. The Morgan fingerprint density at radius 2 is 2.17 bits per heavy atom. The van der Waals surface area contributed by atoms with Crippen LogP contribution in [-0.2, 0) is 14.3 Å². The van der Waals surface area contributed by atoms with Gasteiger partial charge in [-0.2, -0.15) is 0 Å². The Balaban J connectivity index is 1.91. The van der Waals surface area contributed by atoms with Crippen molar-refractivity contribution >= 4 is 29.1 Å². The minimum absolute atomic E-state index is 0.0258. The van der Waals surface area contributed by atoms with Crippen LogP contribution < -0.4 is 10.2 Å². The molecule has 24 heavy (non-hydrogen) atoms. The average Bonchev–Trinajstić information content (AvgIpc) is 2.99. The first kappa shape index (κ1) is 18.7. The summed E-state index contributed by atoms with van der Waals surface area (Å²) in [5.41, 5.74) is 1.05. The highest BCUT2D eigenvalue weighted by Crippen LogP contribution is 2.28. The van der Waals surface area contributed by atoms with Crippen molar-refractivity contribution in [3.05, 3.63) is 28.8 Å². The van der Waals surface area contributed by atoms with Gasteiger partial charge < -0.3 is 19.7 Å². The summed E-state index contributed by atoms with van der Waals surface area (Å²) in [4.78, 5) is 26.0. The van der Waals surface area contributed by atoms with Crippen LogP contribution in [0.15, 0.2) is 18.2 Å². The van der Waals surface area contributed by atoms with Gasteiger partial charge in [0.25, 0.3) is 5.91 Å². The highest BCUT2D eigenvalue weighted by Gasteiger charge is 2.26. The van der Waals surface area contributed by atoms with Crippen LogP contribution in [0.5, 0.6) is 0 Å². The Morgan fingerprint density at radius 3 is 2.88 bits per heavy atom. The number of hydrogen-bond donors (Lipinski definition) is 1. The summed E-state index contributed by atoms with van der Waals surface area (Å²) in [6, 6.07) is 5.00. The van der Waals surface area contributed by atoms with Gasteiger partial charge in [0.1, 0.15) is 0 Å². The zero-order valence-corrected chi connectivity index (χ0v) is 14.6. The number of rotatable bonds is 9. The first-order valence-corrected chi connectivity index (χ1v) is 8.46. The fourth-order valence-corrected chi connectivity index (χ4v) is 2.71. The first-order valence-electron chi connectivity index (χ1n) is 8.08. The maximum atomic E-state index is 12.4. The second kappa shape index (κ2) is 9.61. The Bertz CT molecular complexity index is 580. The Morgan fingerprint density at radius 1 is 1.33 bits per heavy atom. The number of amides is 2. The molecule has 0 unspecified atom stereocenters. The van der Waals surface area contributed by atoms with Gasteiger partial charge in [0.05, 0.1) is 24.5 Å². The van der Waals surface area contributed by atoms with Crippen molar-refractivity contribution in [2.24, 2.45) is 0 Å². The van der Waals surface area contributed by atoms with Gasteiger partial charge in [-0.05, 0) is 31.0 Å².